The molecule has 1 aromatic heterocycles. The van der Waals surface area contributed by atoms with Gasteiger partial charge in [0.25, 0.3) is 0 Å². The van der Waals surface area contributed by atoms with Gasteiger partial charge in [-0.3, -0.25) is 0 Å². The highest BCUT2D eigenvalue weighted by Gasteiger charge is 2.15. The summed E-state index contributed by atoms with van der Waals surface area (Å²) < 4.78 is 11.2. The minimum atomic E-state index is -0.102. The number of nitrogens with one attached hydrogen (secondary N) is 1. The highest BCUT2D eigenvalue weighted by molar-refractivity contribution is 7.12. The van der Waals surface area contributed by atoms with Crippen molar-refractivity contribution in [1.29, 1.82) is 0 Å². The maximum atomic E-state index is 5.80. The van der Waals surface area contributed by atoms with Crippen LogP contribution in [0.25, 0.3) is 0 Å². The van der Waals surface area contributed by atoms with Crippen molar-refractivity contribution in [3.63, 3.8) is 0 Å². The molecular formula is C17H31NO2S. The summed E-state index contributed by atoms with van der Waals surface area (Å²) in [5.74, 6) is 0.693. The number of aryl methyl sites for hydroxylation is 1. The van der Waals surface area contributed by atoms with E-state index in [2.05, 4.69) is 46.0 Å². The molecule has 0 aliphatic rings. The molecule has 1 N–H and O–H groups in total. The first kappa shape index (κ1) is 18.6. The molecule has 0 amide bonds. The molecule has 0 aliphatic carbocycles. The summed E-state index contributed by atoms with van der Waals surface area (Å²) in [6.45, 7) is 14.3. The van der Waals surface area contributed by atoms with Crippen molar-refractivity contribution in [2.24, 2.45) is 5.92 Å². The average Bonchev–Trinajstić information content (AvgIpc) is 2.75. The average molecular weight is 314 g/mol. The molecule has 0 unspecified atom stereocenters. The zero-order valence-corrected chi connectivity index (χ0v) is 15.2. The van der Waals surface area contributed by atoms with Crippen molar-refractivity contribution in [3.05, 3.63) is 21.4 Å². The molecule has 3 nitrogen and oxygen atoms in total. The first-order chi connectivity index (χ1) is 9.84. The fraction of sp³-hybridized carbons (Fsp3) is 0.765. The fourth-order valence-electron chi connectivity index (χ4n) is 1.90. The lowest BCUT2D eigenvalue weighted by Crippen LogP contribution is -2.24. The Labute approximate surface area is 134 Å². The zero-order chi connectivity index (χ0) is 15.9. The molecule has 0 spiro atoms. The van der Waals surface area contributed by atoms with E-state index >= 15 is 0 Å². The van der Waals surface area contributed by atoms with Crippen LogP contribution in [0.3, 0.4) is 0 Å². The molecule has 0 radical (unpaired) electrons. The highest BCUT2D eigenvalue weighted by Crippen LogP contribution is 2.22. The predicted molar refractivity (Wildman–Crippen MR) is 91.0 cm³/mol. The molecule has 4 heteroatoms. The van der Waals surface area contributed by atoms with E-state index in [0.29, 0.717) is 12.5 Å². The molecule has 0 aliphatic heterocycles. The van der Waals surface area contributed by atoms with E-state index < -0.39 is 0 Å². The lowest BCUT2D eigenvalue weighted by Gasteiger charge is -2.22. The van der Waals surface area contributed by atoms with Crippen molar-refractivity contribution in [2.75, 3.05) is 20.3 Å². The zero-order valence-electron chi connectivity index (χ0n) is 14.4. The molecule has 1 rings (SSSR count). The van der Waals surface area contributed by atoms with E-state index in [1.807, 2.05) is 11.3 Å². The molecule has 0 saturated heterocycles. The Morgan fingerprint density at radius 3 is 2.67 bits per heavy atom. The van der Waals surface area contributed by atoms with Crippen LogP contribution in [-0.4, -0.2) is 25.9 Å². The Morgan fingerprint density at radius 1 is 1.33 bits per heavy atom. The van der Waals surface area contributed by atoms with Crippen LogP contribution in [0.2, 0.25) is 0 Å². The first-order valence-corrected chi connectivity index (χ1v) is 8.57. The Kier molecular flexibility index (Phi) is 7.88. The minimum Gasteiger partial charge on any atom is -0.379 e. The minimum absolute atomic E-state index is 0.102. The molecule has 21 heavy (non-hydrogen) atoms. The molecule has 0 fully saturated rings. The molecule has 0 bridgehead atoms. The summed E-state index contributed by atoms with van der Waals surface area (Å²) in [6, 6.07) is 2.27. The smallest absolute Gasteiger partial charge is 0.0727 e. The second-order valence-electron chi connectivity index (χ2n) is 6.59. The molecule has 1 heterocycles. The van der Waals surface area contributed by atoms with Crippen LogP contribution in [0.4, 0.5) is 0 Å². The number of hydrogen-bond donors (Lipinski definition) is 1. The number of rotatable bonds is 10. The quantitative estimate of drug-likeness (QED) is 0.659. The molecule has 0 atom stereocenters. The third-order valence-electron chi connectivity index (χ3n) is 3.58. The summed E-state index contributed by atoms with van der Waals surface area (Å²) >= 11 is 1.87. The van der Waals surface area contributed by atoms with Gasteiger partial charge in [0.2, 0.25) is 0 Å². The van der Waals surface area contributed by atoms with Gasteiger partial charge in [0.15, 0.2) is 0 Å². The van der Waals surface area contributed by atoms with Crippen molar-refractivity contribution in [1.82, 2.24) is 5.32 Å². The van der Waals surface area contributed by atoms with Gasteiger partial charge in [0.05, 0.1) is 12.2 Å². The number of methoxy groups -OCH3 is 1. The third-order valence-corrected chi connectivity index (χ3v) is 4.67. The van der Waals surface area contributed by atoms with E-state index in [-0.39, 0.29) is 5.60 Å². The second kappa shape index (κ2) is 8.89. The van der Waals surface area contributed by atoms with Crippen molar-refractivity contribution in [2.45, 2.75) is 59.8 Å². The van der Waals surface area contributed by atoms with Gasteiger partial charge in [-0.25, -0.2) is 0 Å². The van der Waals surface area contributed by atoms with Gasteiger partial charge in [-0.2, -0.15) is 0 Å². The van der Waals surface area contributed by atoms with Crippen LogP contribution in [-0.2, 0) is 22.6 Å². The van der Waals surface area contributed by atoms with Crippen LogP contribution >= 0.6 is 11.3 Å². The maximum Gasteiger partial charge on any atom is 0.0727 e. The standard InChI is InChI=1S/C17H31NO2S/c1-13(2)10-18-11-16-9-15(14(3)21-16)12-20-8-7-17(4,5)19-6/h9,13,18H,7-8,10-12H2,1-6H3. The van der Waals surface area contributed by atoms with Crippen LogP contribution < -0.4 is 5.32 Å². The van der Waals surface area contributed by atoms with Gasteiger partial charge in [0, 0.05) is 30.0 Å². The molecule has 122 valence electrons. The summed E-state index contributed by atoms with van der Waals surface area (Å²) in [4.78, 5) is 2.76. The van der Waals surface area contributed by atoms with Crippen molar-refractivity contribution in [3.8, 4) is 0 Å². The molecule has 1 aromatic rings. The van der Waals surface area contributed by atoms with Crippen LogP contribution in [0.5, 0.6) is 0 Å². The van der Waals surface area contributed by atoms with Crippen LogP contribution in [0.15, 0.2) is 6.07 Å². The van der Waals surface area contributed by atoms with E-state index in [1.54, 1.807) is 7.11 Å². The number of ether oxygens (including phenoxy) is 2. The van der Waals surface area contributed by atoms with E-state index in [4.69, 9.17) is 9.47 Å². The maximum absolute atomic E-state index is 5.80. The van der Waals surface area contributed by atoms with E-state index in [1.165, 1.54) is 15.3 Å². The summed E-state index contributed by atoms with van der Waals surface area (Å²) in [7, 11) is 1.75. The number of hydrogen-bond acceptors (Lipinski definition) is 4. The Balaban J connectivity index is 2.34. The normalized spacial score (nSPS) is 12.3. The third kappa shape index (κ3) is 7.41. The van der Waals surface area contributed by atoms with Gasteiger partial charge < -0.3 is 14.8 Å². The highest BCUT2D eigenvalue weighted by atomic mass is 32.1. The summed E-state index contributed by atoms with van der Waals surface area (Å²) in [5, 5.41) is 3.49. The SMILES string of the molecule is COC(C)(C)CCOCc1cc(CNCC(C)C)sc1C. The summed E-state index contributed by atoms with van der Waals surface area (Å²) in [6.07, 6.45) is 0.912. The van der Waals surface area contributed by atoms with Gasteiger partial charge in [-0.15, -0.1) is 11.3 Å². The van der Waals surface area contributed by atoms with Crippen LogP contribution in [0, 0.1) is 12.8 Å². The monoisotopic (exact) mass is 313 g/mol. The largest absolute Gasteiger partial charge is 0.379 e. The second-order valence-corrected chi connectivity index (χ2v) is 7.93. The molecule has 0 saturated carbocycles. The predicted octanol–water partition coefficient (Wildman–Crippen LogP) is 4.13. The van der Waals surface area contributed by atoms with Gasteiger partial charge in [-0.05, 0) is 51.3 Å². The van der Waals surface area contributed by atoms with E-state index in [0.717, 1.165) is 26.1 Å². The lowest BCUT2D eigenvalue weighted by molar-refractivity contribution is -0.0124. The first-order valence-electron chi connectivity index (χ1n) is 7.76. The van der Waals surface area contributed by atoms with Crippen molar-refractivity contribution >= 4 is 11.3 Å². The molecule has 0 aromatic carbocycles. The van der Waals surface area contributed by atoms with Gasteiger partial charge in [-0.1, -0.05) is 13.8 Å². The Hall–Kier alpha value is -0.420. The van der Waals surface area contributed by atoms with Gasteiger partial charge in [0.1, 0.15) is 0 Å². The summed E-state index contributed by atoms with van der Waals surface area (Å²) in [5.41, 5.74) is 1.21. The number of thiophene rings is 1. The Morgan fingerprint density at radius 2 is 2.05 bits per heavy atom. The topological polar surface area (TPSA) is 30.5 Å². The Bertz CT molecular complexity index is 413. The molecular weight excluding hydrogens is 282 g/mol. The lowest BCUT2D eigenvalue weighted by atomic mass is 10.1. The fourth-order valence-corrected chi connectivity index (χ4v) is 2.92. The van der Waals surface area contributed by atoms with Gasteiger partial charge >= 0.3 is 0 Å². The van der Waals surface area contributed by atoms with E-state index in [9.17, 15) is 0 Å². The van der Waals surface area contributed by atoms with Crippen molar-refractivity contribution < 1.29 is 9.47 Å². The van der Waals surface area contributed by atoms with Crippen LogP contribution in [0.1, 0.15) is 49.4 Å².